The lowest BCUT2D eigenvalue weighted by Gasteiger charge is -2.22. The highest BCUT2D eigenvalue weighted by Crippen LogP contribution is 2.40. The number of fused-ring (bicyclic) bond motifs is 1. The molecular weight excluding hydrogens is 296 g/mol. The van der Waals surface area contributed by atoms with Crippen LogP contribution < -0.4 is 0 Å². The Hall–Kier alpha value is -2.44. The van der Waals surface area contributed by atoms with Gasteiger partial charge in [0.05, 0.1) is 17.1 Å². The fourth-order valence-electron chi connectivity index (χ4n) is 3.51. The van der Waals surface area contributed by atoms with Crippen LogP contribution in [0.2, 0.25) is 0 Å². The van der Waals surface area contributed by atoms with Crippen LogP contribution in [0.1, 0.15) is 36.7 Å². The first-order valence-corrected chi connectivity index (χ1v) is 7.95. The Kier molecular flexibility index (Phi) is 3.11. The molecule has 4 rings (SSSR count). The lowest BCUT2D eigenvalue weighted by molar-refractivity contribution is -0.497. The van der Waals surface area contributed by atoms with Crippen molar-refractivity contribution in [2.45, 2.75) is 38.3 Å². The summed E-state index contributed by atoms with van der Waals surface area (Å²) in [5.41, 5.74) is 3.01. The van der Waals surface area contributed by atoms with Crippen LogP contribution in [0.15, 0.2) is 18.2 Å². The van der Waals surface area contributed by atoms with Gasteiger partial charge in [0.15, 0.2) is 0 Å². The second kappa shape index (κ2) is 5.04. The van der Waals surface area contributed by atoms with E-state index in [1.54, 1.807) is 4.90 Å². The van der Waals surface area contributed by atoms with E-state index >= 15 is 0 Å². The first-order valence-electron chi connectivity index (χ1n) is 7.95. The second-order valence-electron chi connectivity index (χ2n) is 6.53. The Labute approximate surface area is 132 Å². The number of rotatable bonds is 3. The monoisotopic (exact) mass is 314 g/mol. The highest BCUT2D eigenvalue weighted by molar-refractivity contribution is 5.83. The number of nitro groups is 1. The van der Waals surface area contributed by atoms with Gasteiger partial charge in [0.25, 0.3) is 0 Å². The first-order chi connectivity index (χ1) is 11.0. The molecule has 0 unspecified atom stereocenters. The van der Waals surface area contributed by atoms with E-state index in [0.29, 0.717) is 13.0 Å². The molecule has 1 amide bonds. The molecule has 0 bridgehead atoms. The van der Waals surface area contributed by atoms with Crippen LogP contribution in [0.5, 0.6) is 0 Å². The number of benzene rings is 1. The van der Waals surface area contributed by atoms with Crippen molar-refractivity contribution in [1.82, 2.24) is 14.9 Å². The van der Waals surface area contributed by atoms with Crippen molar-refractivity contribution in [3.05, 3.63) is 39.7 Å². The minimum Gasteiger partial charge on any atom is -0.340 e. The smallest absolute Gasteiger partial charge is 0.233 e. The number of carbonyl (C=O) groups is 1. The van der Waals surface area contributed by atoms with Gasteiger partial charge in [0, 0.05) is 17.9 Å². The van der Waals surface area contributed by atoms with E-state index in [4.69, 9.17) is 0 Å². The summed E-state index contributed by atoms with van der Waals surface area (Å²) >= 11 is 0. The van der Waals surface area contributed by atoms with E-state index in [1.165, 1.54) is 0 Å². The molecule has 23 heavy (non-hydrogen) atoms. The summed E-state index contributed by atoms with van der Waals surface area (Å²) in [5.74, 6) is 0.248. The molecule has 1 aliphatic carbocycles. The molecule has 7 heteroatoms. The number of hydrogen-bond donors (Lipinski definition) is 1. The molecule has 120 valence electrons. The number of aromatic amines is 1. The van der Waals surface area contributed by atoms with Crippen molar-refractivity contribution in [2.24, 2.45) is 5.92 Å². The SMILES string of the molecule is Cc1ccc2nc([C@@H]3CCCN3C(=O)[C@@H]3C[C@H]3[N+](=O)[O-])[nH]c2c1. The lowest BCUT2D eigenvalue weighted by atomic mass is 10.2. The zero-order valence-corrected chi connectivity index (χ0v) is 12.9. The fourth-order valence-corrected chi connectivity index (χ4v) is 3.51. The molecule has 2 aromatic rings. The maximum absolute atomic E-state index is 12.6. The van der Waals surface area contributed by atoms with E-state index in [9.17, 15) is 14.9 Å². The van der Waals surface area contributed by atoms with Crippen LogP contribution in [0.3, 0.4) is 0 Å². The van der Waals surface area contributed by atoms with E-state index in [0.717, 1.165) is 35.3 Å². The molecule has 0 spiro atoms. The van der Waals surface area contributed by atoms with Gasteiger partial charge < -0.3 is 9.88 Å². The maximum Gasteiger partial charge on any atom is 0.233 e. The standard InChI is InChI=1S/C16H18N4O3/c1-9-4-5-11-12(7-9)18-15(17-11)13-3-2-6-19(13)16(21)10-8-14(10)20(22)23/h4-5,7,10,13-14H,2-3,6,8H2,1H3,(H,17,18)/t10-,13+,14-/m1/s1. The van der Waals surface area contributed by atoms with E-state index in [1.807, 2.05) is 25.1 Å². The quantitative estimate of drug-likeness (QED) is 0.694. The summed E-state index contributed by atoms with van der Waals surface area (Å²) in [4.78, 5) is 32.7. The van der Waals surface area contributed by atoms with Gasteiger partial charge in [-0.25, -0.2) is 4.98 Å². The topological polar surface area (TPSA) is 92.1 Å². The molecule has 1 saturated carbocycles. The zero-order chi connectivity index (χ0) is 16.1. The predicted octanol–water partition coefficient (Wildman–Crippen LogP) is 2.20. The van der Waals surface area contributed by atoms with Gasteiger partial charge >= 0.3 is 0 Å². The van der Waals surface area contributed by atoms with Crippen LogP contribution in [0.4, 0.5) is 0 Å². The summed E-state index contributed by atoms with van der Waals surface area (Å²) in [5, 5.41) is 10.8. The van der Waals surface area contributed by atoms with Gasteiger partial charge in [-0.3, -0.25) is 14.9 Å². The number of H-pyrrole nitrogens is 1. The average molecular weight is 314 g/mol. The van der Waals surface area contributed by atoms with Gasteiger partial charge in [-0.2, -0.15) is 0 Å². The molecule has 1 N–H and O–H groups in total. The zero-order valence-electron chi connectivity index (χ0n) is 12.9. The Morgan fingerprint density at radius 2 is 2.30 bits per heavy atom. The normalized spacial score (nSPS) is 26.7. The van der Waals surface area contributed by atoms with Crippen molar-refractivity contribution < 1.29 is 9.72 Å². The molecule has 1 aromatic heterocycles. The Balaban J connectivity index is 1.59. The fraction of sp³-hybridized carbons (Fsp3) is 0.500. The number of imidazole rings is 1. The lowest BCUT2D eigenvalue weighted by Crippen LogP contribution is -2.33. The number of likely N-dealkylation sites (tertiary alicyclic amines) is 1. The van der Waals surface area contributed by atoms with Crippen LogP contribution in [0, 0.1) is 23.0 Å². The van der Waals surface area contributed by atoms with Crippen molar-refractivity contribution in [1.29, 1.82) is 0 Å². The summed E-state index contributed by atoms with van der Waals surface area (Å²) in [6, 6.07) is 5.23. The molecule has 0 radical (unpaired) electrons. The number of hydrogen-bond acceptors (Lipinski definition) is 4. The van der Waals surface area contributed by atoms with Crippen LogP contribution in [-0.2, 0) is 4.79 Å². The van der Waals surface area contributed by atoms with E-state index < -0.39 is 12.0 Å². The minimum atomic E-state index is -0.693. The summed E-state index contributed by atoms with van der Waals surface area (Å²) < 4.78 is 0. The molecule has 2 aliphatic rings. The number of aromatic nitrogens is 2. The maximum atomic E-state index is 12.6. The van der Waals surface area contributed by atoms with Crippen molar-refractivity contribution in [3.8, 4) is 0 Å². The van der Waals surface area contributed by atoms with Gasteiger partial charge in [-0.05, 0) is 37.5 Å². The molecule has 7 nitrogen and oxygen atoms in total. The van der Waals surface area contributed by atoms with E-state index in [2.05, 4.69) is 9.97 Å². The number of amides is 1. The molecule has 1 aromatic carbocycles. The molecule has 2 heterocycles. The minimum absolute atomic E-state index is 0.0918. The third-order valence-electron chi connectivity index (χ3n) is 4.85. The Morgan fingerprint density at radius 1 is 1.48 bits per heavy atom. The van der Waals surface area contributed by atoms with Crippen molar-refractivity contribution in [3.63, 3.8) is 0 Å². The predicted molar refractivity (Wildman–Crippen MR) is 83.4 cm³/mol. The Bertz CT molecular complexity index is 800. The number of aryl methyl sites for hydroxylation is 1. The number of carbonyl (C=O) groups excluding carboxylic acids is 1. The number of nitrogens with one attached hydrogen (secondary N) is 1. The average Bonchev–Trinajstić information content (AvgIpc) is 2.99. The molecule has 1 aliphatic heterocycles. The molecule has 3 atom stereocenters. The van der Waals surface area contributed by atoms with E-state index in [-0.39, 0.29) is 16.9 Å². The Morgan fingerprint density at radius 3 is 3.04 bits per heavy atom. The summed E-state index contributed by atoms with van der Waals surface area (Å²) in [6.07, 6.45) is 2.12. The van der Waals surface area contributed by atoms with Crippen molar-refractivity contribution in [2.75, 3.05) is 6.54 Å². The number of nitrogens with zero attached hydrogens (tertiary/aromatic N) is 3. The third-order valence-corrected chi connectivity index (χ3v) is 4.85. The molecule has 2 fully saturated rings. The molecule has 1 saturated heterocycles. The molecular formula is C16H18N4O3. The summed E-state index contributed by atoms with van der Waals surface area (Å²) in [7, 11) is 0. The van der Waals surface area contributed by atoms with Crippen LogP contribution in [-0.4, -0.2) is 38.3 Å². The summed E-state index contributed by atoms with van der Waals surface area (Å²) in [6.45, 7) is 2.68. The van der Waals surface area contributed by atoms with Gasteiger partial charge in [0.1, 0.15) is 11.7 Å². The van der Waals surface area contributed by atoms with Crippen molar-refractivity contribution >= 4 is 16.9 Å². The first kappa shape index (κ1) is 14.2. The van der Waals surface area contributed by atoms with Crippen LogP contribution >= 0.6 is 0 Å². The highest BCUT2D eigenvalue weighted by Gasteiger charge is 2.55. The largest absolute Gasteiger partial charge is 0.340 e. The third kappa shape index (κ3) is 2.36. The highest BCUT2D eigenvalue weighted by atomic mass is 16.6. The van der Waals surface area contributed by atoms with Gasteiger partial charge in [-0.1, -0.05) is 6.07 Å². The van der Waals surface area contributed by atoms with Gasteiger partial charge in [0.2, 0.25) is 11.9 Å². The second-order valence-corrected chi connectivity index (χ2v) is 6.53. The van der Waals surface area contributed by atoms with Gasteiger partial charge in [-0.15, -0.1) is 0 Å². The van der Waals surface area contributed by atoms with Crippen LogP contribution in [0.25, 0.3) is 11.0 Å².